The fraction of sp³-hybridized carbons (Fsp3) is 0.300. The molecule has 2 aromatic carbocycles. The number of alkyl halides is 3. The molecule has 0 saturated carbocycles. The van der Waals surface area contributed by atoms with Gasteiger partial charge < -0.3 is 19.5 Å². The molecule has 0 aromatic heterocycles. The Balaban J connectivity index is 1.59. The lowest BCUT2D eigenvalue weighted by molar-refractivity contribution is -0.274. The van der Waals surface area contributed by atoms with E-state index in [-0.39, 0.29) is 19.9 Å². The Morgan fingerprint density at radius 1 is 1.23 bits per heavy atom. The molecule has 0 bridgehead atoms. The van der Waals surface area contributed by atoms with E-state index in [1.165, 1.54) is 19.1 Å². The third-order valence-electron chi connectivity index (χ3n) is 5.02. The summed E-state index contributed by atoms with van der Waals surface area (Å²) in [5, 5.41) is 3.01. The van der Waals surface area contributed by atoms with Gasteiger partial charge in [-0.1, -0.05) is 23.7 Å². The molecule has 2 heterocycles. The van der Waals surface area contributed by atoms with Crippen LogP contribution in [0.15, 0.2) is 36.4 Å². The SMILES string of the molecule is CC1(c2ccc(OC(F)(F)F)cc2)NC(=O)N(Cc2cc(Cl)cc3c2OCOC3)C1=O. The quantitative estimate of drug-likeness (QED) is 0.702. The van der Waals surface area contributed by atoms with Crippen LogP contribution < -0.4 is 14.8 Å². The lowest BCUT2D eigenvalue weighted by atomic mass is 9.92. The van der Waals surface area contributed by atoms with Crippen molar-refractivity contribution in [2.75, 3.05) is 6.79 Å². The molecule has 1 fully saturated rings. The highest BCUT2D eigenvalue weighted by molar-refractivity contribution is 6.30. The number of urea groups is 1. The molecular formula is C20H16ClF3N2O5. The molecular weight excluding hydrogens is 441 g/mol. The summed E-state index contributed by atoms with van der Waals surface area (Å²) in [6.45, 7) is 1.70. The lowest BCUT2D eigenvalue weighted by Gasteiger charge is -2.24. The predicted octanol–water partition coefficient (Wildman–Crippen LogP) is 4.07. The summed E-state index contributed by atoms with van der Waals surface area (Å²) < 4.78 is 51.7. The summed E-state index contributed by atoms with van der Waals surface area (Å²) in [7, 11) is 0. The number of ether oxygens (including phenoxy) is 3. The van der Waals surface area contributed by atoms with Gasteiger partial charge >= 0.3 is 12.4 Å². The molecule has 1 saturated heterocycles. The van der Waals surface area contributed by atoms with Crippen molar-refractivity contribution in [3.63, 3.8) is 0 Å². The molecule has 0 radical (unpaired) electrons. The van der Waals surface area contributed by atoms with Gasteiger partial charge in [-0.25, -0.2) is 4.79 Å². The highest BCUT2D eigenvalue weighted by Gasteiger charge is 2.49. The van der Waals surface area contributed by atoms with E-state index in [1.807, 2.05) is 0 Å². The van der Waals surface area contributed by atoms with Crippen molar-refractivity contribution in [3.05, 3.63) is 58.1 Å². The molecule has 2 aromatic rings. The summed E-state index contributed by atoms with van der Waals surface area (Å²) >= 11 is 6.15. The van der Waals surface area contributed by atoms with Crippen LogP contribution in [-0.4, -0.2) is 30.0 Å². The van der Waals surface area contributed by atoms with Crippen molar-refractivity contribution >= 4 is 23.5 Å². The van der Waals surface area contributed by atoms with Crippen LogP contribution in [0.5, 0.6) is 11.5 Å². The molecule has 0 spiro atoms. The van der Waals surface area contributed by atoms with Crippen LogP contribution in [0.4, 0.5) is 18.0 Å². The molecule has 164 valence electrons. The second kappa shape index (κ2) is 7.61. The van der Waals surface area contributed by atoms with Gasteiger partial charge in [0.2, 0.25) is 0 Å². The van der Waals surface area contributed by atoms with Crippen molar-refractivity contribution in [1.82, 2.24) is 10.2 Å². The molecule has 2 aliphatic rings. The second-order valence-electron chi connectivity index (χ2n) is 7.18. The molecule has 2 aliphatic heterocycles. The van der Waals surface area contributed by atoms with Crippen LogP contribution in [0.3, 0.4) is 0 Å². The Kier molecular flexibility index (Phi) is 5.22. The molecule has 11 heteroatoms. The van der Waals surface area contributed by atoms with Crippen molar-refractivity contribution in [1.29, 1.82) is 0 Å². The third-order valence-corrected chi connectivity index (χ3v) is 5.24. The average Bonchev–Trinajstić information content (AvgIpc) is 2.91. The van der Waals surface area contributed by atoms with Crippen molar-refractivity contribution in [2.24, 2.45) is 0 Å². The fourth-order valence-corrected chi connectivity index (χ4v) is 3.83. The number of halogens is 4. The largest absolute Gasteiger partial charge is 0.573 e. The van der Waals surface area contributed by atoms with E-state index in [1.54, 1.807) is 12.1 Å². The lowest BCUT2D eigenvalue weighted by Crippen LogP contribution is -2.40. The molecule has 0 aliphatic carbocycles. The average molecular weight is 457 g/mol. The maximum atomic E-state index is 13.1. The Bertz CT molecular complexity index is 1040. The Labute approximate surface area is 179 Å². The number of imide groups is 1. The number of fused-ring (bicyclic) bond motifs is 1. The summed E-state index contributed by atoms with van der Waals surface area (Å²) in [5.74, 6) is -0.500. The van der Waals surface area contributed by atoms with Crippen LogP contribution in [0.25, 0.3) is 0 Å². The summed E-state index contributed by atoms with van der Waals surface area (Å²) in [6.07, 6.45) is -4.83. The van der Waals surface area contributed by atoms with E-state index in [0.717, 1.165) is 17.0 Å². The normalized spacial score (nSPS) is 20.9. The van der Waals surface area contributed by atoms with Gasteiger partial charge in [0, 0.05) is 16.1 Å². The van der Waals surface area contributed by atoms with Crippen LogP contribution in [-0.2, 0) is 28.2 Å². The zero-order valence-electron chi connectivity index (χ0n) is 16.1. The van der Waals surface area contributed by atoms with E-state index in [2.05, 4.69) is 10.1 Å². The maximum absolute atomic E-state index is 13.1. The molecule has 1 unspecified atom stereocenters. The van der Waals surface area contributed by atoms with Gasteiger partial charge in [0.25, 0.3) is 5.91 Å². The third kappa shape index (κ3) is 4.13. The number of benzene rings is 2. The number of carbonyl (C=O) groups is 2. The number of amides is 3. The van der Waals surface area contributed by atoms with Crippen molar-refractivity contribution < 1.29 is 37.0 Å². The van der Waals surface area contributed by atoms with E-state index >= 15 is 0 Å². The number of nitrogens with one attached hydrogen (secondary N) is 1. The minimum Gasteiger partial charge on any atom is -0.467 e. The van der Waals surface area contributed by atoms with E-state index in [4.69, 9.17) is 21.1 Å². The van der Waals surface area contributed by atoms with Gasteiger partial charge in [-0.15, -0.1) is 13.2 Å². The molecule has 1 atom stereocenters. The molecule has 7 nitrogen and oxygen atoms in total. The van der Waals surface area contributed by atoms with Crippen LogP contribution in [0.2, 0.25) is 5.02 Å². The second-order valence-corrected chi connectivity index (χ2v) is 7.62. The summed E-state index contributed by atoms with van der Waals surface area (Å²) in [4.78, 5) is 26.8. The zero-order chi connectivity index (χ0) is 22.4. The molecule has 3 amide bonds. The number of nitrogens with zero attached hydrogens (tertiary/aromatic N) is 1. The number of hydrogen-bond donors (Lipinski definition) is 1. The minimum absolute atomic E-state index is 0.0336. The number of carbonyl (C=O) groups excluding carboxylic acids is 2. The number of rotatable bonds is 4. The van der Waals surface area contributed by atoms with Crippen molar-refractivity contribution in [2.45, 2.75) is 32.0 Å². The molecule has 4 rings (SSSR count). The summed E-state index contributed by atoms with van der Waals surface area (Å²) in [6, 6.07) is 7.39. The van der Waals surface area contributed by atoms with Gasteiger partial charge in [-0.05, 0) is 36.8 Å². The highest BCUT2D eigenvalue weighted by Crippen LogP contribution is 2.36. The first-order valence-electron chi connectivity index (χ1n) is 9.09. The van der Waals surface area contributed by atoms with Gasteiger partial charge in [-0.2, -0.15) is 0 Å². The topological polar surface area (TPSA) is 77.1 Å². The van der Waals surface area contributed by atoms with Gasteiger partial charge in [0.05, 0.1) is 13.2 Å². The van der Waals surface area contributed by atoms with Crippen LogP contribution in [0, 0.1) is 0 Å². The van der Waals surface area contributed by atoms with Gasteiger partial charge in [0.15, 0.2) is 6.79 Å². The Morgan fingerprint density at radius 2 is 1.94 bits per heavy atom. The summed E-state index contributed by atoms with van der Waals surface area (Å²) in [5.41, 5.74) is 0.0770. The van der Waals surface area contributed by atoms with Gasteiger partial charge in [0.1, 0.15) is 17.0 Å². The van der Waals surface area contributed by atoms with E-state index in [0.29, 0.717) is 27.5 Å². The molecule has 1 N–H and O–H groups in total. The van der Waals surface area contributed by atoms with Crippen LogP contribution in [0.1, 0.15) is 23.6 Å². The van der Waals surface area contributed by atoms with Crippen LogP contribution >= 0.6 is 11.6 Å². The first-order chi connectivity index (χ1) is 14.6. The zero-order valence-corrected chi connectivity index (χ0v) is 16.8. The maximum Gasteiger partial charge on any atom is 0.573 e. The number of hydrogen-bond acceptors (Lipinski definition) is 5. The minimum atomic E-state index is -4.83. The first kappa shape index (κ1) is 21.3. The first-order valence-corrected chi connectivity index (χ1v) is 9.47. The highest BCUT2D eigenvalue weighted by atomic mass is 35.5. The molecule has 31 heavy (non-hydrogen) atoms. The monoisotopic (exact) mass is 456 g/mol. The van der Waals surface area contributed by atoms with Gasteiger partial charge in [-0.3, -0.25) is 9.69 Å². The Morgan fingerprint density at radius 3 is 2.61 bits per heavy atom. The van der Waals surface area contributed by atoms with E-state index in [9.17, 15) is 22.8 Å². The van der Waals surface area contributed by atoms with Crippen molar-refractivity contribution in [3.8, 4) is 11.5 Å². The smallest absolute Gasteiger partial charge is 0.467 e. The van der Waals surface area contributed by atoms with E-state index < -0.39 is 29.6 Å². The Hall–Kier alpha value is -2.98. The standard InChI is InChI=1S/C20H16ClF3N2O5/c1-19(13-2-4-15(5-3-13)31-20(22,23)24)17(27)26(18(28)25-19)8-11-6-14(21)7-12-9-29-10-30-16(11)12/h2-7H,8-10H2,1H3,(H,25,28). The predicted molar refractivity (Wildman–Crippen MR) is 101 cm³/mol. The fourth-order valence-electron chi connectivity index (χ4n) is 3.57.